The quantitative estimate of drug-likeness (QED) is 0.701. The lowest BCUT2D eigenvalue weighted by Crippen LogP contribution is -2.32. The van der Waals surface area contributed by atoms with E-state index in [1.807, 2.05) is 13.0 Å². The molecular weight excluding hydrogens is 368 g/mol. The van der Waals surface area contributed by atoms with Crippen LogP contribution in [0.1, 0.15) is 82.5 Å². The summed E-state index contributed by atoms with van der Waals surface area (Å²) < 4.78 is 17.8. The van der Waals surface area contributed by atoms with Gasteiger partial charge < -0.3 is 19.0 Å². The first-order valence-corrected chi connectivity index (χ1v) is 11.3. The van der Waals surface area contributed by atoms with Crippen LogP contribution in [0, 0.1) is 11.3 Å². The summed E-state index contributed by atoms with van der Waals surface area (Å²) in [6.07, 6.45) is 13.6. The van der Waals surface area contributed by atoms with Gasteiger partial charge in [-0.15, -0.1) is 0 Å². The molecule has 5 nitrogen and oxygen atoms in total. The Kier molecular flexibility index (Phi) is 4.77. The minimum absolute atomic E-state index is 0.0321. The zero-order chi connectivity index (χ0) is 20.1. The molecule has 3 fully saturated rings. The Balaban J connectivity index is 1.36. The summed E-state index contributed by atoms with van der Waals surface area (Å²) in [5, 5.41) is 10.9. The molecular formula is C24H32O5. The summed E-state index contributed by atoms with van der Waals surface area (Å²) in [7, 11) is 0. The maximum Gasteiger partial charge on any atom is 0.346 e. The minimum atomic E-state index is -0.762. The van der Waals surface area contributed by atoms with Gasteiger partial charge in [0.25, 0.3) is 0 Å². The third-order valence-electron chi connectivity index (χ3n) is 7.27. The van der Waals surface area contributed by atoms with Crippen LogP contribution >= 0.6 is 0 Å². The fourth-order valence-corrected chi connectivity index (χ4v) is 5.35. The van der Waals surface area contributed by atoms with Crippen LogP contribution in [0.15, 0.2) is 27.1 Å². The van der Waals surface area contributed by atoms with Crippen molar-refractivity contribution in [1.82, 2.24) is 0 Å². The van der Waals surface area contributed by atoms with Gasteiger partial charge in [0.15, 0.2) is 0 Å². The molecule has 1 aromatic rings. The normalized spacial score (nSPS) is 30.7. The van der Waals surface area contributed by atoms with E-state index < -0.39 is 11.2 Å². The summed E-state index contributed by atoms with van der Waals surface area (Å²) in [6.45, 7) is 2.77. The average molecular weight is 401 g/mol. The van der Waals surface area contributed by atoms with Gasteiger partial charge in [-0.1, -0.05) is 12.8 Å². The molecule has 2 saturated carbocycles. The molecule has 1 aromatic heterocycles. The number of aromatic hydroxyl groups is 1. The largest absolute Gasteiger partial charge is 0.507 e. The van der Waals surface area contributed by atoms with Gasteiger partial charge in [-0.25, -0.2) is 4.79 Å². The van der Waals surface area contributed by atoms with Gasteiger partial charge in [0.2, 0.25) is 0 Å². The van der Waals surface area contributed by atoms with Crippen LogP contribution in [0.25, 0.3) is 0 Å². The highest BCUT2D eigenvalue weighted by Gasteiger charge is 2.48. The summed E-state index contributed by atoms with van der Waals surface area (Å²) in [5.74, 6) is 2.01. The van der Waals surface area contributed by atoms with E-state index in [0.717, 1.165) is 50.9 Å². The van der Waals surface area contributed by atoms with E-state index in [1.165, 1.54) is 19.3 Å². The molecule has 0 amide bonds. The maximum absolute atomic E-state index is 13.0. The van der Waals surface area contributed by atoms with Crippen LogP contribution in [-0.2, 0) is 21.5 Å². The van der Waals surface area contributed by atoms with Gasteiger partial charge in [-0.2, -0.15) is 0 Å². The van der Waals surface area contributed by atoms with E-state index in [2.05, 4.69) is 0 Å². The molecule has 0 aromatic carbocycles. The number of hydrogen-bond acceptors (Lipinski definition) is 5. The topological polar surface area (TPSA) is 68.9 Å². The first-order chi connectivity index (χ1) is 14.0. The molecule has 0 bridgehead atoms. The molecule has 1 saturated heterocycles. The Bertz CT molecular complexity index is 855. The summed E-state index contributed by atoms with van der Waals surface area (Å²) in [5.41, 5.74) is -0.725. The van der Waals surface area contributed by atoms with Crippen LogP contribution in [-0.4, -0.2) is 17.8 Å². The van der Waals surface area contributed by atoms with Crippen molar-refractivity contribution in [3.05, 3.63) is 39.6 Å². The summed E-state index contributed by atoms with van der Waals surface area (Å²) in [4.78, 5) is 13.0. The molecule has 158 valence electrons. The van der Waals surface area contributed by atoms with Gasteiger partial charge in [0.05, 0.1) is 11.9 Å². The van der Waals surface area contributed by atoms with Gasteiger partial charge in [-0.3, -0.25) is 0 Å². The maximum atomic E-state index is 13.0. The van der Waals surface area contributed by atoms with E-state index >= 15 is 0 Å². The van der Waals surface area contributed by atoms with Gasteiger partial charge in [-0.05, 0) is 69.3 Å². The first-order valence-electron chi connectivity index (χ1n) is 11.3. The molecule has 2 atom stereocenters. The van der Waals surface area contributed by atoms with E-state index in [9.17, 15) is 9.90 Å². The lowest BCUT2D eigenvalue weighted by Gasteiger charge is -2.30. The molecule has 1 N–H and O–H groups in total. The van der Waals surface area contributed by atoms with Crippen LogP contribution in [0.3, 0.4) is 0 Å². The second kappa shape index (κ2) is 7.19. The molecule has 2 unspecified atom stereocenters. The molecule has 5 rings (SSSR count). The van der Waals surface area contributed by atoms with E-state index in [-0.39, 0.29) is 11.2 Å². The van der Waals surface area contributed by atoms with Crippen molar-refractivity contribution < 1.29 is 19.0 Å². The summed E-state index contributed by atoms with van der Waals surface area (Å²) >= 11 is 0. The lowest BCUT2D eigenvalue weighted by molar-refractivity contribution is -0.00213. The molecule has 2 aliphatic carbocycles. The molecule has 3 heterocycles. The number of ether oxygens (including phenoxy) is 2. The first kappa shape index (κ1) is 19.2. The standard InChI is InChI=1S/C24H32O5/c1-16-7-8-24(29-16,13-17-5-6-17)21-20(25)12-19(28-22(21)26)15-23(9-10-23)14-18-4-2-3-11-27-18/h7,12,17-18,25H,2-6,8-11,13-15H2,1H3. The van der Waals surface area contributed by atoms with Gasteiger partial charge in [0, 0.05) is 25.5 Å². The van der Waals surface area contributed by atoms with E-state index in [4.69, 9.17) is 13.9 Å². The predicted octanol–water partition coefficient (Wildman–Crippen LogP) is 4.95. The Morgan fingerprint density at radius 2 is 2.00 bits per heavy atom. The van der Waals surface area contributed by atoms with E-state index in [0.29, 0.717) is 36.2 Å². The lowest BCUT2D eigenvalue weighted by atomic mass is 9.85. The van der Waals surface area contributed by atoms with Crippen LogP contribution in [0.2, 0.25) is 0 Å². The van der Waals surface area contributed by atoms with Crippen molar-refractivity contribution in [2.24, 2.45) is 11.3 Å². The second-order valence-corrected chi connectivity index (χ2v) is 9.89. The Labute approximate surface area is 172 Å². The van der Waals surface area contributed by atoms with Crippen LogP contribution < -0.4 is 5.63 Å². The molecule has 5 heteroatoms. The molecule has 29 heavy (non-hydrogen) atoms. The van der Waals surface area contributed by atoms with Crippen molar-refractivity contribution in [2.45, 2.75) is 89.3 Å². The smallest absolute Gasteiger partial charge is 0.346 e. The monoisotopic (exact) mass is 400 g/mol. The fraction of sp³-hybridized carbons (Fsp3) is 0.708. The number of rotatable bonds is 7. The molecule has 2 aliphatic heterocycles. The van der Waals surface area contributed by atoms with Crippen molar-refractivity contribution in [3.63, 3.8) is 0 Å². The number of hydrogen-bond donors (Lipinski definition) is 1. The second-order valence-electron chi connectivity index (χ2n) is 9.89. The fourth-order valence-electron chi connectivity index (χ4n) is 5.35. The minimum Gasteiger partial charge on any atom is -0.507 e. The molecule has 0 spiro atoms. The third kappa shape index (κ3) is 3.98. The average Bonchev–Trinajstić information content (AvgIpc) is 3.58. The molecule has 0 radical (unpaired) electrons. The zero-order valence-electron chi connectivity index (χ0n) is 17.4. The Morgan fingerprint density at radius 3 is 2.59 bits per heavy atom. The van der Waals surface area contributed by atoms with Crippen molar-refractivity contribution in [3.8, 4) is 5.75 Å². The zero-order valence-corrected chi connectivity index (χ0v) is 17.4. The van der Waals surface area contributed by atoms with Crippen LogP contribution in [0.4, 0.5) is 0 Å². The third-order valence-corrected chi connectivity index (χ3v) is 7.27. The van der Waals surface area contributed by atoms with Crippen molar-refractivity contribution >= 4 is 0 Å². The van der Waals surface area contributed by atoms with Crippen LogP contribution in [0.5, 0.6) is 5.75 Å². The van der Waals surface area contributed by atoms with Crippen molar-refractivity contribution in [1.29, 1.82) is 0 Å². The highest BCUT2D eigenvalue weighted by Crippen LogP contribution is 2.54. The van der Waals surface area contributed by atoms with Gasteiger partial charge >= 0.3 is 5.63 Å². The number of allylic oxidation sites excluding steroid dienone is 1. The summed E-state index contributed by atoms with van der Waals surface area (Å²) in [6, 6.07) is 1.67. The van der Waals surface area contributed by atoms with E-state index in [1.54, 1.807) is 6.07 Å². The highest BCUT2D eigenvalue weighted by molar-refractivity contribution is 5.38. The Morgan fingerprint density at radius 1 is 1.17 bits per heavy atom. The van der Waals surface area contributed by atoms with Crippen molar-refractivity contribution in [2.75, 3.05) is 6.61 Å². The Hall–Kier alpha value is -1.75. The SMILES string of the molecule is CC1=CCC(CC2CC2)(c2c(O)cc(CC3(CC4CCCCO4)CC3)oc2=O)O1. The predicted molar refractivity (Wildman–Crippen MR) is 109 cm³/mol. The highest BCUT2D eigenvalue weighted by atomic mass is 16.5. The van der Waals surface area contributed by atoms with Gasteiger partial charge in [0.1, 0.15) is 22.7 Å². The molecule has 4 aliphatic rings.